The van der Waals surface area contributed by atoms with E-state index in [1.54, 1.807) is 10.9 Å². The van der Waals surface area contributed by atoms with Crippen molar-refractivity contribution < 1.29 is 13.2 Å². The van der Waals surface area contributed by atoms with E-state index in [0.29, 0.717) is 13.1 Å². The van der Waals surface area contributed by atoms with Crippen LogP contribution in [-0.4, -0.2) is 27.7 Å². The maximum Gasteiger partial charge on any atom is 0.389 e. The first-order chi connectivity index (χ1) is 8.98. The van der Waals surface area contributed by atoms with Crippen LogP contribution in [0.1, 0.15) is 51.3 Å². The molecule has 0 fully saturated rings. The van der Waals surface area contributed by atoms with Gasteiger partial charge in [-0.15, -0.1) is 5.10 Å². The normalized spacial score (nSPS) is 13.7. The zero-order valence-corrected chi connectivity index (χ0v) is 11.4. The van der Waals surface area contributed by atoms with Crippen molar-refractivity contribution >= 4 is 0 Å². The number of aryl methyl sites for hydroxylation is 1. The quantitative estimate of drug-likeness (QED) is 0.794. The number of aromatic nitrogens is 3. The molecule has 0 aliphatic heterocycles. The molecule has 7 heteroatoms. The van der Waals surface area contributed by atoms with Crippen LogP contribution >= 0.6 is 0 Å². The Balaban J connectivity index is 2.74. The number of halogens is 3. The zero-order chi connectivity index (χ0) is 14.3. The molecule has 0 spiro atoms. The first-order valence-corrected chi connectivity index (χ1v) is 6.66. The average molecular weight is 278 g/mol. The predicted octanol–water partition coefficient (Wildman–Crippen LogP) is 3.07. The van der Waals surface area contributed by atoms with Gasteiger partial charge in [-0.1, -0.05) is 19.1 Å². The molecule has 0 aliphatic rings. The molecule has 1 aromatic heterocycles. The van der Waals surface area contributed by atoms with E-state index in [-0.39, 0.29) is 12.5 Å². The highest BCUT2D eigenvalue weighted by Crippen LogP contribution is 2.27. The largest absolute Gasteiger partial charge is 0.389 e. The fourth-order valence-electron chi connectivity index (χ4n) is 1.90. The van der Waals surface area contributed by atoms with E-state index >= 15 is 0 Å². The summed E-state index contributed by atoms with van der Waals surface area (Å²) in [6.45, 7) is 5.33. The van der Waals surface area contributed by atoms with Crippen LogP contribution in [0.5, 0.6) is 0 Å². The zero-order valence-electron chi connectivity index (χ0n) is 11.4. The van der Waals surface area contributed by atoms with Crippen molar-refractivity contribution in [1.82, 2.24) is 20.3 Å². The van der Waals surface area contributed by atoms with Gasteiger partial charge in [0.05, 0.1) is 17.9 Å². The highest BCUT2D eigenvalue weighted by atomic mass is 19.4. The minimum Gasteiger partial charge on any atom is -0.309 e. The molecule has 0 saturated heterocycles. The first-order valence-electron chi connectivity index (χ1n) is 6.66. The fourth-order valence-corrected chi connectivity index (χ4v) is 1.90. The molecule has 0 amide bonds. The number of nitrogens with one attached hydrogen (secondary N) is 1. The van der Waals surface area contributed by atoms with Gasteiger partial charge in [-0.05, 0) is 25.8 Å². The molecule has 1 heterocycles. The van der Waals surface area contributed by atoms with Crippen LogP contribution < -0.4 is 5.32 Å². The van der Waals surface area contributed by atoms with Crippen molar-refractivity contribution in [1.29, 1.82) is 0 Å². The summed E-state index contributed by atoms with van der Waals surface area (Å²) in [5.41, 5.74) is 0.736. The fraction of sp³-hybridized carbons (Fsp3) is 0.833. The summed E-state index contributed by atoms with van der Waals surface area (Å²) in [6, 6.07) is -0.344. The summed E-state index contributed by atoms with van der Waals surface area (Å²) in [7, 11) is 0. The van der Waals surface area contributed by atoms with Crippen LogP contribution in [0.4, 0.5) is 13.2 Å². The molecule has 0 bridgehead atoms. The predicted molar refractivity (Wildman–Crippen MR) is 66.6 cm³/mol. The van der Waals surface area contributed by atoms with Crippen molar-refractivity contribution in [3.05, 3.63) is 11.9 Å². The third kappa shape index (κ3) is 5.59. The van der Waals surface area contributed by atoms with Gasteiger partial charge in [-0.25, -0.2) is 4.68 Å². The topological polar surface area (TPSA) is 42.7 Å². The van der Waals surface area contributed by atoms with E-state index in [9.17, 15) is 13.2 Å². The van der Waals surface area contributed by atoms with E-state index in [1.165, 1.54) is 0 Å². The highest BCUT2D eigenvalue weighted by molar-refractivity contribution is 5.02. The Morgan fingerprint density at radius 1 is 1.32 bits per heavy atom. The Hall–Kier alpha value is -1.11. The van der Waals surface area contributed by atoms with Crippen molar-refractivity contribution in [3.8, 4) is 0 Å². The molecule has 0 radical (unpaired) electrons. The van der Waals surface area contributed by atoms with Crippen molar-refractivity contribution in [2.24, 2.45) is 0 Å². The van der Waals surface area contributed by atoms with Gasteiger partial charge in [0.15, 0.2) is 0 Å². The van der Waals surface area contributed by atoms with Gasteiger partial charge < -0.3 is 5.32 Å². The first kappa shape index (κ1) is 15.9. The van der Waals surface area contributed by atoms with Gasteiger partial charge in [0.2, 0.25) is 0 Å². The summed E-state index contributed by atoms with van der Waals surface area (Å²) < 4.78 is 38.8. The monoisotopic (exact) mass is 278 g/mol. The Morgan fingerprint density at radius 2 is 2.05 bits per heavy atom. The Bertz CT molecular complexity index is 362. The highest BCUT2D eigenvalue weighted by Gasteiger charge is 2.29. The lowest BCUT2D eigenvalue weighted by Gasteiger charge is -2.20. The Kier molecular flexibility index (Phi) is 6.27. The van der Waals surface area contributed by atoms with Crippen LogP contribution in [0.15, 0.2) is 6.20 Å². The number of hydrogen-bond acceptors (Lipinski definition) is 3. The lowest BCUT2D eigenvalue weighted by atomic mass is 10.1. The van der Waals surface area contributed by atoms with Crippen molar-refractivity contribution in [3.63, 3.8) is 0 Å². The summed E-state index contributed by atoms with van der Waals surface area (Å²) >= 11 is 0. The van der Waals surface area contributed by atoms with Gasteiger partial charge in [0.25, 0.3) is 0 Å². The second-order valence-corrected chi connectivity index (χ2v) is 4.54. The smallest absolute Gasteiger partial charge is 0.309 e. The van der Waals surface area contributed by atoms with E-state index in [1.807, 2.05) is 13.8 Å². The van der Waals surface area contributed by atoms with Gasteiger partial charge in [0.1, 0.15) is 0 Å². The standard InChI is InChI=1S/C12H21F3N4/c1-3-7-16-10(5-6-12(13,14)15)11-9-17-18-19(11)8-4-2/h9-10,16H,3-8H2,1-2H3. The number of alkyl halides is 3. The van der Waals surface area contributed by atoms with Crippen molar-refractivity contribution in [2.75, 3.05) is 6.54 Å². The van der Waals surface area contributed by atoms with Crippen LogP contribution in [-0.2, 0) is 6.54 Å². The lowest BCUT2D eigenvalue weighted by Crippen LogP contribution is -2.26. The maximum absolute atomic E-state index is 12.4. The van der Waals surface area contributed by atoms with Crippen LogP contribution in [0, 0.1) is 0 Å². The van der Waals surface area contributed by atoms with Crippen molar-refractivity contribution in [2.45, 2.75) is 58.3 Å². The molecule has 19 heavy (non-hydrogen) atoms. The van der Waals surface area contributed by atoms with E-state index in [0.717, 1.165) is 18.5 Å². The number of nitrogens with zero attached hydrogens (tertiary/aromatic N) is 3. The SMILES string of the molecule is CCCNC(CCC(F)(F)F)c1cnnn1CCC. The lowest BCUT2D eigenvalue weighted by molar-refractivity contribution is -0.136. The van der Waals surface area contributed by atoms with Crippen LogP contribution in [0.3, 0.4) is 0 Å². The van der Waals surface area contributed by atoms with E-state index in [2.05, 4.69) is 15.6 Å². The molecule has 1 N–H and O–H groups in total. The minimum absolute atomic E-state index is 0.0145. The molecule has 1 aromatic rings. The second kappa shape index (κ2) is 7.47. The molecule has 0 aromatic carbocycles. The molecule has 1 rings (SSSR count). The second-order valence-electron chi connectivity index (χ2n) is 4.54. The molecule has 1 unspecified atom stereocenters. The number of hydrogen-bond donors (Lipinski definition) is 1. The Labute approximate surface area is 111 Å². The molecular weight excluding hydrogens is 257 g/mol. The summed E-state index contributed by atoms with van der Waals surface area (Å²) in [5.74, 6) is 0. The average Bonchev–Trinajstić information content (AvgIpc) is 2.77. The van der Waals surface area contributed by atoms with Gasteiger partial charge in [0, 0.05) is 13.0 Å². The van der Waals surface area contributed by atoms with E-state index in [4.69, 9.17) is 0 Å². The Morgan fingerprint density at radius 3 is 2.63 bits per heavy atom. The molecule has 0 saturated carbocycles. The maximum atomic E-state index is 12.4. The third-order valence-corrected chi connectivity index (χ3v) is 2.80. The molecule has 0 aliphatic carbocycles. The minimum atomic E-state index is -4.13. The van der Waals surface area contributed by atoms with Crippen LogP contribution in [0.2, 0.25) is 0 Å². The molecule has 4 nitrogen and oxygen atoms in total. The molecule has 110 valence electrons. The summed E-state index contributed by atoms with van der Waals surface area (Å²) in [6.07, 6.45) is -1.62. The number of rotatable bonds is 8. The summed E-state index contributed by atoms with van der Waals surface area (Å²) in [4.78, 5) is 0. The van der Waals surface area contributed by atoms with Gasteiger partial charge in [-0.2, -0.15) is 13.2 Å². The summed E-state index contributed by atoms with van der Waals surface area (Å²) in [5, 5.41) is 10.9. The van der Waals surface area contributed by atoms with Crippen LogP contribution in [0.25, 0.3) is 0 Å². The van der Waals surface area contributed by atoms with Gasteiger partial charge >= 0.3 is 6.18 Å². The molecular formula is C12H21F3N4. The van der Waals surface area contributed by atoms with Gasteiger partial charge in [-0.3, -0.25) is 0 Å². The molecule has 1 atom stereocenters. The van der Waals surface area contributed by atoms with E-state index < -0.39 is 12.6 Å². The third-order valence-electron chi connectivity index (χ3n) is 2.80.